The first kappa shape index (κ1) is 16.0. The normalized spacial score (nSPS) is 16.9. The largest absolute Gasteiger partial charge is 0.481 e. The van der Waals surface area contributed by atoms with Gasteiger partial charge in [-0.2, -0.15) is 4.31 Å². The van der Waals surface area contributed by atoms with Gasteiger partial charge >= 0.3 is 5.97 Å². The first-order chi connectivity index (χ1) is 9.79. The van der Waals surface area contributed by atoms with Crippen molar-refractivity contribution >= 4 is 16.0 Å². The fraction of sp³-hybridized carbons (Fsp3) is 0.533. The molecular formula is C15H21NO4S. The number of carboxylic acid groups (broad SMARTS) is 1. The zero-order valence-corrected chi connectivity index (χ0v) is 13.1. The van der Waals surface area contributed by atoms with Crippen molar-refractivity contribution in [3.8, 4) is 0 Å². The van der Waals surface area contributed by atoms with Crippen LogP contribution in [-0.2, 0) is 21.2 Å². The SMILES string of the molecule is CC(C)Cc1ccc(S(=O)(=O)N2CC(CC(=O)O)C2)cc1. The number of hydrogen-bond donors (Lipinski definition) is 1. The Labute approximate surface area is 125 Å². The topological polar surface area (TPSA) is 74.7 Å². The third-order valence-corrected chi connectivity index (χ3v) is 5.44. The van der Waals surface area contributed by atoms with E-state index in [4.69, 9.17) is 5.11 Å². The standard InChI is InChI=1S/C15H21NO4S/c1-11(2)7-12-3-5-14(6-4-12)21(19,20)16-9-13(10-16)8-15(17)18/h3-6,11,13H,7-10H2,1-2H3,(H,17,18). The Kier molecular flexibility index (Phi) is 4.68. The Hall–Kier alpha value is -1.40. The Bertz CT molecular complexity index is 601. The van der Waals surface area contributed by atoms with Gasteiger partial charge in [-0.15, -0.1) is 0 Å². The summed E-state index contributed by atoms with van der Waals surface area (Å²) in [6.45, 7) is 4.82. The number of hydrogen-bond acceptors (Lipinski definition) is 3. The van der Waals surface area contributed by atoms with E-state index in [0.29, 0.717) is 19.0 Å². The van der Waals surface area contributed by atoms with Gasteiger partial charge in [0.1, 0.15) is 0 Å². The molecular weight excluding hydrogens is 290 g/mol. The Balaban J connectivity index is 2.02. The summed E-state index contributed by atoms with van der Waals surface area (Å²) in [4.78, 5) is 10.9. The average molecular weight is 311 g/mol. The summed E-state index contributed by atoms with van der Waals surface area (Å²) in [5, 5.41) is 8.69. The van der Waals surface area contributed by atoms with Gasteiger partial charge in [-0.05, 0) is 36.0 Å². The smallest absolute Gasteiger partial charge is 0.303 e. The molecule has 0 aliphatic carbocycles. The maximum atomic E-state index is 12.4. The highest BCUT2D eigenvalue weighted by Gasteiger charge is 2.37. The van der Waals surface area contributed by atoms with Crippen LogP contribution in [-0.4, -0.2) is 36.9 Å². The number of benzene rings is 1. The lowest BCUT2D eigenvalue weighted by Gasteiger charge is -2.37. The highest BCUT2D eigenvalue weighted by atomic mass is 32.2. The van der Waals surface area contributed by atoms with Crippen molar-refractivity contribution in [1.82, 2.24) is 4.31 Å². The molecule has 1 saturated heterocycles. The van der Waals surface area contributed by atoms with Crippen molar-refractivity contribution in [3.63, 3.8) is 0 Å². The van der Waals surface area contributed by atoms with E-state index < -0.39 is 16.0 Å². The monoisotopic (exact) mass is 311 g/mol. The lowest BCUT2D eigenvalue weighted by Crippen LogP contribution is -2.50. The molecule has 1 heterocycles. The molecule has 0 unspecified atom stereocenters. The summed E-state index contributed by atoms with van der Waals surface area (Å²) in [6, 6.07) is 6.97. The second-order valence-corrected chi connectivity index (χ2v) is 7.97. The van der Waals surface area contributed by atoms with Crippen molar-refractivity contribution in [3.05, 3.63) is 29.8 Å². The molecule has 5 nitrogen and oxygen atoms in total. The average Bonchev–Trinajstić information content (AvgIpc) is 2.32. The highest BCUT2D eigenvalue weighted by molar-refractivity contribution is 7.89. The molecule has 1 aliphatic rings. The van der Waals surface area contributed by atoms with Gasteiger partial charge in [0, 0.05) is 13.1 Å². The molecule has 0 bridgehead atoms. The van der Waals surface area contributed by atoms with Crippen LogP contribution in [0.2, 0.25) is 0 Å². The number of carboxylic acids is 1. The van der Waals surface area contributed by atoms with E-state index in [9.17, 15) is 13.2 Å². The van der Waals surface area contributed by atoms with Crippen molar-refractivity contribution in [2.24, 2.45) is 11.8 Å². The maximum Gasteiger partial charge on any atom is 0.303 e. The van der Waals surface area contributed by atoms with Crippen LogP contribution in [0.1, 0.15) is 25.8 Å². The molecule has 0 amide bonds. The molecule has 1 aromatic rings. The Morgan fingerprint density at radius 2 is 1.86 bits per heavy atom. The summed E-state index contributed by atoms with van der Waals surface area (Å²) in [5.41, 5.74) is 1.12. The molecule has 116 valence electrons. The van der Waals surface area contributed by atoms with Crippen LogP contribution in [0.25, 0.3) is 0 Å². The lowest BCUT2D eigenvalue weighted by molar-refractivity contribution is -0.139. The molecule has 1 N–H and O–H groups in total. The summed E-state index contributed by atoms with van der Waals surface area (Å²) < 4.78 is 26.1. The minimum atomic E-state index is -3.48. The molecule has 0 atom stereocenters. The van der Waals surface area contributed by atoms with E-state index in [1.807, 2.05) is 12.1 Å². The third kappa shape index (κ3) is 3.83. The molecule has 1 aromatic carbocycles. The quantitative estimate of drug-likeness (QED) is 0.871. The van der Waals surface area contributed by atoms with Crippen LogP contribution in [0.5, 0.6) is 0 Å². The van der Waals surface area contributed by atoms with Crippen LogP contribution in [0.4, 0.5) is 0 Å². The van der Waals surface area contributed by atoms with Gasteiger partial charge in [-0.1, -0.05) is 26.0 Å². The van der Waals surface area contributed by atoms with Gasteiger partial charge in [-0.3, -0.25) is 4.79 Å². The van der Waals surface area contributed by atoms with E-state index in [1.165, 1.54) is 4.31 Å². The lowest BCUT2D eigenvalue weighted by atomic mass is 10.00. The van der Waals surface area contributed by atoms with Crippen LogP contribution < -0.4 is 0 Å². The first-order valence-corrected chi connectivity index (χ1v) is 8.54. The van der Waals surface area contributed by atoms with Crippen LogP contribution >= 0.6 is 0 Å². The summed E-state index contributed by atoms with van der Waals surface area (Å²) in [5.74, 6) is -0.424. The molecule has 0 aromatic heterocycles. The van der Waals surface area contributed by atoms with Gasteiger partial charge in [0.2, 0.25) is 10.0 Å². The molecule has 1 fully saturated rings. The summed E-state index contributed by atoms with van der Waals surface area (Å²) >= 11 is 0. The zero-order chi connectivity index (χ0) is 15.6. The third-order valence-electron chi connectivity index (χ3n) is 3.59. The van der Waals surface area contributed by atoms with Crippen molar-refractivity contribution in [2.75, 3.05) is 13.1 Å². The minimum Gasteiger partial charge on any atom is -0.481 e. The van der Waals surface area contributed by atoms with Crippen molar-refractivity contribution in [2.45, 2.75) is 31.6 Å². The van der Waals surface area contributed by atoms with Crippen LogP contribution in [0.3, 0.4) is 0 Å². The van der Waals surface area contributed by atoms with Gasteiger partial charge in [0.25, 0.3) is 0 Å². The molecule has 21 heavy (non-hydrogen) atoms. The maximum absolute atomic E-state index is 12.4. The second kappa shape index (κ2) is 6.15. The molecule has 2 rings (SSSR count). The number of rotatable bonds is 6. The second-order valence-electron chi connectivity index (χ2n) is 6.03. The Morgan fingerprint density at radius 1 is 1.29 bits per heavy atom. The van der Waals surface area contributed by atoms with Crippen LogP contribution in [0.15, 0.2) is 29.2 Å². The van der Waals surface area contributed by atoms with Gasteiger partial charge in [0.05, 0.1) is 11.3 Å². The molecule has 0 spiro atoms. The van der Waals surface area contributed by atoms with E-state index in [-0.39, 0.29) is 17.2 Å². The van der Waals surface area contributed by atoms with E-state index in [1.54, 1.807) is 12.1 Å². The summed E-state index contributed by atoms with van der Waals surface area (Å²) in [6.07, 6.45) is 0.948. The van der Waals surface area contributed by atoms with E-state index in [2.05, 4.69) is 13.8 Å². The number of sulfonamides is 1. The number of nitrogens with zero attached hydrogens (tertiary/aromatic N) is 1. The molecule has 1 aliphatic heterocycles. The van der Waals surface area contributed by atoms with Gasteiger partial charge < -0.3 is 5.11 Å². The molecule has 0 saturated carbocycles. The van der Waals surface area contributed by atoms with Gasteiger partial charge in [0.15, 0.2) is 0 Å². The van der Waals surface area contributed by atoms with Crippen molar-refractivity contribution in [1.29, 1.82) is 0 Å². The van der Waals surface area contributed by atoms with Crippen molar-refractivity contribution < 1.29 is 18.3 Å². The fourth-order valence-corrected chi connectivity index (χ4v) is 4.11. The van der Waals surface area contributed by atoms with E-state index >= 15 is 0 Å². The Morgan fingerprint density at radius 3 is 2.33 bits per heavy atom. The van der Waals surface area contributed by atoms with E-state index in [0.717, 1.165) is 12.0 Å². The fourth-order valence-electron chi connectivity index (χ4n) is 2.51. The zero-order valence-electron chi connectivity index (χ0n) is 12.3. The predicted molar refractivity (Wildman–Crippen MR) is 79.5 cm³/mol. The minimum absolute atomic E-state index is 0.0271. The predicted octanol–water partition coefficient (Wildman–Crippen LogP) is 1.98. The first-order valence-electron chi connectivity index (χ1n) is 7.10. The number of carbonyl (C=O) groups is 1. The molecule has 6 heteroatoms. The highest BCUT2D eigenvalue weighted by Crippen LogP contribution is 2.27. The molecule has 0 radical (unpaired) electrons. The number of aliphatic carboxylic acids is 1. The van der Waals surface area contributed by atoms with Crippen LogP contribution in [0, 0.1) is 11.8 Å². The van der Waals surface area contributed by atoms with Gasteiger partial charge in [-0.25, -0.2) is 8.42 Å². The summed E-state index contributed by atoms with van der Waals surface area (Å²) in [7, 11) is -3.48.